The number of nitrogens with zero attached hydrogens (tertiary/aromatic N) is 1. The summed E-state index contributed by atoms with van der Waals surface area (Å²) in [5.74, 6) is 1.90. The monoisotopic (exact) mass is 270 g/mol. The van der Waals surface area contributed by atoms with Gasteiger partial charge in [-0.3, -0.25) is 4.79 Å². The Morgan fingerprint density at radius 1 is 1.10 bits per heavy atom. The minimum absolute atomic E-state index is 0.0104. The van der Waals surface area contributed by atoms with Crippen LogP contribution >= 0.6 is 0 Å². The molecule has 1 amide bonds. The topological polar surface area (TPSA) is 32.3 Å². The van der Waals surface area contributed by atoms with Crippen LogP contribution in [0.5, 0.6) is 0 Å². The van der Waals surface area contributed by atoms with E-state index in [9.17, 15) is 4.79 Å². The molecule has 1 aliphatic carbocycles. The van der Waals surface area contributed by atoms with Crippen molar-refractivity contribution in [2.75, 3.05) is 13.1 Å². The van der Waals surface area contributed by atoms with Crippen LogP contribution in [0.4, 0.5) is 0 Å². The van der Waals surface area contributed by atoms with Crippen LogP contribution in [0.3, 0.4) is 0 Å². The van der Waals surface area contributed by atoms with Crippen LogP contribution < -0.4 is 5.32 Å². The maximum absolute atomic E-state index is 12.7. The highest BCUT2D eigenvalue weighted by molar-refractivity contribution is 5.83. The van der Waals surface area contributed by atoms with Crippen LogP contribution in [0.25, 0.3) is 0 Å². The van der Waals surface area contributed by atoms with E-state index in [1.807, 2.05) is 0 Å². The summed E-state index contributed by atoms with van der Waals surface area (Å²) in [5.41, 5.74) is 2.68. The zero-order valence-electron chi connectivity index (χ0n) is 11.8. The molecule has 1 saturated heterocycles. The van der Waals surface area contributed by atoms with E-state index in [0.29, 0.717) is 5.91 Å². The SMILES string of the molecule is O=C(C1Cc2ccccc2CN1)N1CC2CCCC2C1. The number of likely N-dealkylation sites (tertiary alicyclic amines) is 1. The second-order valence-corrected chi connectivity index (χ2v) is 6.60. The van der Waals surface area contributed by atoms with Crippen LogP contribution in [0.2, 0.25) is 0 Å². The first kappa shape index (κ1) is 12.4. The molecule has 1 saturated carbocycles. The predicted molar refractivity (Wildman–Crippen MR) is 78.2 cm³/mol. The van der Waals surface area contributed by atoms with Gasteiger partial charge in [0.1, 0.15) is 0 Å². The first-order valence-electron chi connectivity index (χ1n) is 7.90. The van der Waals surface area contributed by atoms with Crippen LogP contribution in [0, 0.1) is 11.8 Å². The quantitative estimate of drug-likeness (QED) is 0.846. The molecule has 3 aliphatic rings. The third-order valence-corrected chi connectivity index (χ3v) is 5.42. The number of hydrogen-bond donors (Lipinski definition) is 1. The average molecular weight is 270 g/mol. The lowest BCUT2D eigenvalue weighted by atomic mass is 9.95. The molecular formula is C17H22N2O. The van der Waals surface area contributed by atoms with Crippen molar-refractivity contribution in [1.82, 2.24) is 10.2 Å². The van der Waals surface area contributed by atoms with Crippen molar-refractivity contribution in [3.05, 3.63) is 35.4 Å². The number of amides is 1. The highest BCUT2D eigenvalue weighted by Gasteiger charge is 2.40. The first-order valence-corrected chi connectivity index (χ1v) is 7.90. The molecule has 4 rings (SSSR count). The van der Waals surface area contributed by atoms with Gasteiger partial charge in [0.25, 0.3) is 0 Å². The second kappa shape index (κ2) is 4.88. The van der Waals surface area contributed by atoms with Gasteiger partial charge in [0, 0.05) is 19.6 Å². The third kappa shape index (κ3) is 2.05. The van der Waals surface area contributed by atoms with Crippen molar-refractivity contribution in [2.24, 2.45) is 11.8 Å². The summed E-state index contributed by atoms with van der Waals surface area (Å²) in [6.45, 7) is 2.83. The molecule has 0 bridgehead atoms. The lowest BCUT2D eigenvalue weighted by Crippen LogP contribution is -2.49. The Morgan fingerprint density at radius 2 is 1.80 bits per heavy atom. The lowest BCUT2D eigenvalue weighted by Gasteiger charge is -2.29. The number of hydrogen-bond acceptors (Lipinski definition) is 2. The number of rotatable bonds is 1. The zero-order valence-corrected chi connectivity index (χ0v) is 11.8. The smallest absolute Gasteiger partial charge is 0.240 e. The standard InChI is InChI=1S/C17H22N2O/c20-17(19-10-14-6-3-7-15(14)11-19)16-8-12-4-1-2-5-13(12)9-18-16/h1-2,4-5,14-16,18H,3,6-11H2. The van der Waals surface area contributed by atoms with E-state index < -0.39 is 0 Å². The van der Waals surface area contributed by atoms with Crippen LogP contribution in [0.15, 0.2) is 24.3 Å². The summed E-state index contributed by atoms with van der Waals surface area (Å²) in [5, 5.41) is 3.43. The summed E-state index contributed by atoms with van der Waals surface area (Å²) >= 11 is 0. The molecule has 106 valence electrons. The van der Waals surface area contributed by atoms with E-state index in [-0.39, 0.29) is 6.04 Å². The van der Waals surface area contributed by atoms with Gasteiger partial charge in [0.05, 0.1) is 6.04 Å². The lowest BCUT2D eigenvalue weighted by molar-refractivity contribution is -0.132. The fourth-order valence-corrected chi connectivity index (χ4v) is 4.26. The number of carbonyl (C=O) groups is 1. The Hall–Kier alpha value is -1.35. The molecular weight excluding hydrogens is 248 g/mol. The normalized spacial score (nSPS) is 32.0. The summed E-state index contributed by atoms with van der Waals surface area (Å²) in [7, 11) is 0. The highest BCUT2D eigenvalue weighted by atomic mass is 16.2. The second-order valence-electron chi connectivity index (χ2n) is 6.60. The molecule has 2 fully saturated rings. The van der Waals surface area contributed by atoms with Gasteiger partial charge in [-0.25, -0.2) is 0 Å². The third-order valence-electron chi connectivity index (χ3n) is 5.42. The Bertz CT molecular complexity index is 515. The van der Waals surface area contributed by atoms with Gasteiger partial charge in [0.2, 0.25) is 5.91 Å². The molecule has 0 radical (unpaired) electrons. The summed E-state index contributed by atoms with van der Waals surface area (Å²) in [4.78, 5) is 14.8. The first-order chi connectivity index (χ1) is 9.81. The van der Waals surface area contributed by atoms with E-state index in [4.69, 9.17) is 0 Å². The summed E-state index contributed by atoms with van der Waals surface area (Å²) in [6.07, 6.45) is 4.87. The molecule has 3 unspecified atom stereocenters. The maximum atomic E-state index is 12.7. The van der Waals surface area contributed by atoms with E-state index in [0.717, 1.165) is 37.9 Å². The van der Waals surface area contributed by atoms with E-state index in [1.54, 1.807) is 0 Å². The Morgan fingerprint density at radius 3 is 2.55 bits per heavy atom. The van der Waals surface area contributed by atoms with Gasteiger partial charge < -0.3 is 10.2 Å². The van der Waals surface area contributed by atoms with Crippen molar-refractivity contribution < 1.29 is 4.79 Å². The number of benzene rings is 1. The van der Waals surface area contributed by atoms with Crippen LogP contribution in [-0.4, -0.2) is 29.9 Å². The highest BCUT2D eigenvalue weighted by Crippen LogP contribution is 2.38. The number of fused-ring (bicyclic) bond motifs is 2. The average Bonchev–Trinajstić information content (AvgIpc) is 3.07. The molecule has 3 nitrogen and oxygen atoms in total. The van der Waals surface area contributed by atoms with Gasteiger partial charge >= 0.3 is 0 Å². The molecule has 1 aromatic carbocycles. The zero-order chi connectivity index (χ0) is 13.5. The van der Waals surface area contributed by atoms with Crippen LogP contribution in [-0.2, 0) is 17.8 Å². The molecule has 1 N–H and O–H groups in total. The molecule has 20 heavy (non-hydrogen) atoms. The number of carbonyl (C=O) groups excluding carboxylic acids is 1. The Balaban J connectivity index is 1.45. The van der Waals surface area contributed by atoms with Crippen molar-refractivity contribution >= 4 is 5.91 Å². The molecule has 0 spiro atoms. The van der Waals surface area contributed by atoms with Crippen molar-refractivity contribution in [2.45, 2.75) is 38.3 Å². The Labute approximate surface area is 120 Å². The van der Waals surface area contributed by atoms with E-state index >= 15 is 0 Å². The molecule has 3 atom stereocenters. The minimum Gasteiger partial charge on any atom is -0.341 e. The molecule has 2 aliphatic heterocycles. The minimum atomic E-state index is -0.0104. The van der Waals surface area contributed by atoms with Crippen molar-refractivity contribution in [3.8, 4) is 0 Å². The van der Waals surface area contributed by atoms with Gasteiger partial charge in [0.15, 0.2) is 0 Å². The molecule has 3 heteroatoms. The number of nitrogens with one attached hydrogen (secondary N) is 1. The fourth-order valence-electron chi connectivity index (χ4n) is 4.26. The summed E-state index contributed by atoms with van der Waals surface area (Å²) < 4.78 is 0. The van der Waals surface area contributed by atoms with Crippen molar-refractivity contribution in [1.29, 1.82) is 0 Å². The molecule has 1 aromatic rings. The van der Waals surface area contributed by atoms with Crippen molar-refractivity contribution in [3.63, 3.8) is 0 Å². The van der Waals surface area contributed by atoms with Gasteiger partial charge in [-0.15, -0.1) is 0 Å². The van der Waals surface area contributed by atoms with Gasteiger partial charge in [-0.05, 0) is 42.2 Å². The largest absolute Gasteiger partial charge is 0.341 e. The molecule has 2 heterocycles. The Kier molecular flexibility index (Phi) is 3.03. The molecule has 0 aromatic heterocycles. The van der Waals surface area contributed by atoms with Gasteiger partial charge in [-0.2, -0.15) is 0 Å². The van der Waals surface area contributed by atoms with E-state index in [2.05, 4.69) is 34.5 Å². The van der Waals surface area contributed by atoms with Gasteiger partial charge in [-0.1, -0.05) is 30.7 Å². The van der Waals surface area contributed by atoms with Crippen LogP contribution in [0.1, 0.15) is 30.4 Å². The predicted octanol–water partition coefficient (Wildman–Crippen LogP) is 1.96. The maximum Gasteiger partial charge on any atom is 0.240 e. The fraction of sp³-hybridized carbons (Fsp3) is 0.588. The summed E-state index contributed by atoms with van der Waals surface area (Å²) in [6, 6.07) is 8.46. The van der Waals surface area contributed by atoms with E-state index in [1.165, 1.54) is 30.4 Å².